The molecule has 2 fully saturated rings. The summed E-state index contributed by atoms with van der Waals surface area (Å²) < 4.78 is 0. The predicted octanol–water partition coefficient (Wildman–Crippen LogP) is 5.57. The second kappa shape index (κ2) is 6.93. The van der Waals surface area contributed by atoms with Crippen LogP contribution >= 0.6 is 11.6 Å². The summed E-state index contributed by atoms with van der Waals surface area (Å²) in [5.41, 5.74) is 3.33. The van der Waals surface area contributed by atoms with E-state index in [-0.39, 0.29) is 0 Å². The molecule has 0 bridgehead atoms. The largest absolute Gasteiger partial charge is 0.316 e. The quantitative estimate of drug-likeness (QED) is 0.768. The van der Waals surface area contributed by atoms with Gasteiger partial charge < -0.3 is 5.32 Å². The van der Waals surface area contributed by atoms with Gasteiger partial charge in [-0.2, -0.15) is 0 Å². The first-order valence-corrected chi connectivity index (χ1v) is 9.40. The van der Waals surface area contributed by atoms with Crippen LogP contribution in [0.5, 0.6) is 0 Å². The van der Waals surface area contributed by atoms with E-state index >= 15 is 0 Å². The smallest absolute Gasteiger partial charge is 0.0443 e. The van der Waals surface area contributed by atoms with Crippen LogP contribution in [0, 0.1) is 11.3 Å². The molecule has 0 aromatic heterocycles. The second-order valence-electron chi connectivity index (χ2n) is 8.21. The molecule has 1 unspecified atom stereocenters. The van der Waals surface area contributed by atoms with Gasteiger partial charge in [-0.1, -0.05) is 37.6 Å². The molecule has 1 aliphatic heterocycles. The summed E-state index contributed by atoms with van der Waals surface area (Å²) in [7, 11) is 0. The molecule has 1 N–H and O–H groups in total. The van der Waals surface area contributed by atoms with Gasteiger partial charge in [0.05, 0.1) is 0 Å². The number of hydrogen-bond donors (Lipinski definition) is 1. The average Bonchev–Trinajstić information content (AvgIpc) is 2.49. The number of hydrogen-bond acceptors (Lipinski definition) is 1. The monoisotopic (exact) mass is 319 g/mol. The van der Waals surface area contributed by atoms with Crippen LogP contribution < -0.4 is 5.32 Å². The molecule has 3 rings (SSSR count). The number of piperidine rings is 1. The third kappa shape index (κ3) is 4.06. The predicted molar refractivity (Wildman–Crippen MR) is 95.7 cm³/mol. The van der Waals surface area contributed by atoms with Crippen molar-refractivity contribution in [1.82, 2.24) is 5.32 Å². The minimum atomic E-state index is 0.525. The van der Waals surface area contributed by atoms with Crippen LogP contribution in [0.25, 0.3) is 0 Å². The molecular weight excluding hydrogens is 290 g/mol. The van der Waals surface area contributed by atoms with E-state index in [9.17, 15) is 0 Å². The van der Waals surface area contributed by atoms with Crippen LogP contribution in [0.4, 0.5) is 0 Å². The average molecular weight is 320 g/mol. The van der Waals surface area contributed by atoms with Gasteiger partial charge in [0.25, 0.3) is 0 Å². The Morgan fingerprint density at radius 3 is 2.59 bits per heavy atom. The fraction of sp³-hybridized carbons (Fsp3) is 0.700. The first-order valence-electron chi connectivity index (χ1n) is 9.02. The van der Waals surface area contributed by atoms with Gasteiger partial charge in [0.15, 0.2) is 0 Å². The van der Waals surface area contributed by atoms with Crippen LogP contribution in [0.1, 0.15) is 69.4 Å². The van der Waals surface area contributed by atoms with E-state index in [0.29, 0.717) is 11.3 Å². The molecular formula is C20H30ClN. The van der Waals surface area contributed by atoms with Gasteiger partial charge in [0.1, 0.15) is 0 Å². The first-order chi connectivity index (χ1) is 10.5. The molecule has 1 heterocycles. The molecule has 2 aliphatic rings. The Morgan fingerprint density at radius 2 is 1.95 bits per heavy atom. The van der Waals surface area contributed by atoms with Crippen molar-refractivity contribution in [3.8, 4) is 0 Å². The first kappa shape index (κ1) is 16.3. The van der Waals surface area contributed by atoms with Gasteiger partial charge >= 0.3 is 0 Å². The Morgan fingerprint density at radius 1 is 1.18 bits per heavy atom. The molecule has 1 aliphatic carbocycles. The van der Waals surface area contributed by atoms with E-state index in [2.05, 4.69) is 37.4 Å². The summed E-state index contributed by atoms with van der Waals surface area (Å²) in [6.07, 6.45) is 9.06. The van der Waals surface area contributed by atoms with E-state index in [1.165, 1.54) is 62.6 Å². The molecule has 2 heteroatoms. The van der Waals surface area contributed by atoms with Crippen LogP contribution in [0.2, 0.25) is 5.02 Å². The SMILES string of the molecule is CC1(C)CCC(c2ccc(CC3CCCNC3)cc2Cl)CC1. The van der Waals surface area contributed by atoms with Crippen LogP contribution in [0.15, 0.2) is 18.2 Å². The highest BCUT2D eigenvalue weighted by atomic mass is 35.5. The maximum atomic E-state index is 6.64. The molecule has 0 radical (unpaired) electrons. The number of benzene rings is 1. The van der Waals surface area contributed by atoms with Crippen LogP contribution in [-0.4, -0.2) is 13.1 Å². The van der Waals surface area contributed by atoms with Crippen molar-refractivity contribution in [3.05, 3.63) is 34.3 Å². The van der Waals surface area contributed by atoms with Crippen molar-refractivity contribution < 1.29 is 0 Å². The maximum absolute atomic E-state index is 6.64. The van der Waals surface area contributed by atoms with E-state index < -0.39 is 0 Å². The Hall–Kier alpha value is -0.530. The molecule has 1 aromatic rings. The molecule has 1 nitrogen and oxygen atoms in total. The lowest BCUT2D eigenvalue weighted by Crippen LogP contribution is -2.30. The molecule has 1 aromatic carbocycles. The van der Waals surface area contributed by atoms with Gasteiger partial charge in [0.2, 0.25) is 0 Å². The van der Waals surface area contributed by atoms with Crippen LogP contribution in [-0.2, 0) is 6.42 Å². The van der Waals surface area contributed by atoms with Crippen molar-refractivity contribution >= 4 is 11.6 Å². The highest BCUT2D eigenvalue weighted by Gasteiger charge is 2.28. The molecule has 1 saturated heterocycles. The maximum Gasteiger partial charge on any atom is 0.0443 e. The van der Waals surface area contributed by atoms with E-state index in [0.717, 1.165) is 17.5 Å². The van der Waals surface area contributed by atoms with Crippen molar-refractivity contribution in [1.29, 1.82) is 0 Å². The van der Waals surface area contributed by atoms with Crippen molar-refractivity contribution in [2.45, 2.75) is 64.7 Å². The fourth-order valence-electron chi connectivity index (χ4n) is 4.17. The van der Waals surface area contributed by atoms with Crippen molar-refractivity contribution in [2.24, 2.45) is 11.3 Å². The van der Waals surface area contributed by atoms with E-state index in [4.69, 9.17) is 11.6 Å². The number of halogens is 1. The van der Waals surface area contributed by atoms with Gasteiger partial charge in [0, 0.05) is 5.02 Å². The van der Waals surface area contributed by atoms with Crippen molar-refractivity contribution in [3.63, 3.8) is 0 Å². The highest BCUT2D eigenvalue weighted by molar-refractivity contribution is 6.31. The zero-order valence-electron chi connectivity index (χ0n) is 14.1. The number of nitrogens with one attached hydrogen (secondary N) is 1. The Labute approximate surface area is 140 Å². The minimum absolute atomic E-state index is 0.525. The summed E-state index contributed by atoms with van der Waals surface area (Å²) >= 11 is 6.64. The third-order valence-corrected chi connectivity index (χ3v) is 6.09. The minimum Gasteiger partial charge on any atom is -0.316 e. The van der Waals surface area contributed by atoms with Gasteiger partial charge in [-0.15, -0.1) is 0 Å². The fourth-order valence-corrected chi connectivity index (χ4v) is 4.53. The lowest BCUT2D eigenvalue weighted by atomic mass is 9.71. The topological polar surface area (TPSA) is 12.0 Å². The summed E-state index contributed by atoms with van der Waals surface area (Å²) in [5.74, 6) is 1.46. The van der Waals surface area contributed by atoms with E-state index in [1.54, 1.807) is 0 Å². The summed E-state index contributed by atoms with van der Waals surface area (Å²) in [6.45, 7) is 7.14. The van der Waals surface area contributed by atoms with Gasteiger partial charge in [-0.25, -0.2) is 0 Å². The summed E-state index contributed by atoms with van der Waals surface area (Å²) in [5, 5.41) is 4.51. The molecule has 0 spiro atoms. The zero-order chi connectivity index (χ0) is 15.6. The zero-order valence-corrected chi connectivity index (χ0v) is 14.9. The number of rotatable bonds is 3. The molecule has 1 saturated carbocycles. The molecule has 22 heavy (non-hydrogen) atoms. The van der Waals surface area contributed by atoms with Crippen molar-refractivity contribution in [2.75, 3.05) is 13.1 Å². The van der Waals surface area contributed by atoms with Gasteiger partial charge in [-0.05, 0) is 92.5 Å². The third-order valence-electron chi connectivity index (χ3n) is 5.77. The Kier molecular flexibility index (Phi) is 5.14. The summed E-state index contributed by atoms with van der Waals surface area (Å²) in [6, 6.07) is 6.89. The molecule has 0 amide bonds. The highest BCUT2D eigenvalue weighted by Crippen LogP contribution is 2.44. The van der Waals surface area contributed by atoms with Gasteiger partial charge in [-0.3, -0.25) is 0 Å². The Bertz CT molecular complexity index is 492. The second-order valence-corrected chi connectivity index (χ2v) is 8.62. The molecule has 1 atom stereocenters. The normalized spacial score (nSPS) is 26.0. The summed E-state index contributed by atoms with van der Waals surface area (Å²) in [4.78, 5) is 0. The Balaban J connectivity index is 1.64. The van der Waals surface area contributed by atoms with Crippen LogP contribution in [0.3, 0.4) is 0 Å². The standard InChI is InChI=1S/C20H30ClN/c1-20(2)9-7-17(8-10-20)18-6-5-15(13-19(18)21)12-16-4-3-11-22-14-16/h5-6,13,16-17,22H,3-4,7-12,14H2,1-2H3. The lowest BCUT2D eigenvalue weighted by Gasteiger charge is -2.35. The van der Waals surface area contributed by atoms with E-state index in [1.807, 2.05) is 0 Å². The molecule has 122 valence electrons. The lowest BCUT2D eigenvalue weighted by molar-refractivity contribution is 0.224.